The molecule has 1 fully saturated rings. The molecular formula is C19H25FN6O2. The summed E-state index contributed by atoms with van der Waals surface area (Å²) in [5.74, 6) is -0.443. The summed E-state index contributed by atoms with van der Waals surface area (Å²) in [5.41, 5.74) is 1.18. The van der Waals surface area contributed by atoms with Gasteiger partial charge in [0.15, 0.2) is 5.69 Å². The van der Waals surface area contributed by atoms with E-state index in [0.29, 0.717) is 13.1 Å². The number of halogens is 1. The molecule has 0 radical (unpaired) electrons. The number of alkyl halides is 1. The van der Waals surface area contributed by atoms with Crippen LogP contribution in [0.15, 0.2) is 36.5 Å². The molecule has 2 amide bonds. The van der Waals surface area contributed by atoms with Gasteiger partial charge in [0.1, 0.15) is 6.17 Å². The van der Waals surface area contributed by atoms with Crippen molar-refractivity contribution < 1.29 is 14.0 Å². The topological polar surface area (TPSA) is 83.4 Å². The monoisotopic (exact) mass is 388 g/mol. The number of nitrogens with one attached hydrogen (secondary N) is 1. The molecule has 150 valence electrons. The predicted molar refractivity (Wildman–Crippen MR) is 101 cm³/mol. The zero-order valence-electron chi connectivity index (χ0n) is 16.1. The van der Waals surface area contributed by atoms with Crippen molar-refractivity contribution in [1.29, 1.82) is 0 Å². The van der Waals surface area contributed by atoms with Crippen LogP contribution in [-0.4, -0.2) is 76.0 Å². The van der Waals surface area contributed by atoms with E-state index in [0.717, 1.165) is 5.56 Å². The Labute approximate surface area is 163 Å². The van der Waals surface area contributed by atoms with E-state index in [2.05, 4.69) is 15.6 Å². The number of aromatic nitrogens is 3. The summed E-state index contributed by atoms with van der Waals surface area (Å²) in [6.45, 7) is 1.02. The van der Waals surface area contributed by atoms with E-state index in [1.165, 1.54) is 10.9 Å². The first kappa shape index (κ1) is 19.9. The van der Waals surface area contributed by atoms with Crippen molar-refractivity contribution in [3.63, 3.8) is 0 Å². The van der Waals surface area contributed by atoms with Gasteiger partial charge >= 0.3 is 0 Å². The molecule has 28 heavy (non-hydrogen) atoms. The Kier molecular flexibility index (Phi) is 6.35. The van der Waals surface area contributed by atoms with Crippen LogP contribution in [0.2, 0.25) is 0 Å². The maximum Gasteiger partial charge on any atom is 0.273 e. The first-order valence-electron chi connectivity index (χ1n) is 9.23. The number of rotatable bonds is 7. The molecule has 3 rings (SSSR count). The molecule has 1 aliphatic heterocycles. The van der Waals surface area contributed by atoms with Gasteiger partial charge in [-0.2, -0.15) is 0 Å². The lowest BCUT2D eigenvalue weighted by molar-refractivity contribution is -0.133. The molecule has 1 aromatic heterocycles. The van der Waals surface area contributed by atoms with Crippen LogP contribution in [0.5, 0.6) is 0 Å². The lowest BCUT2D eigenvalue weighted by Crippen LogP contribution is -2.42. The Hall–Kier alpha value is -2.81. The summed E-state index contributed by atoms with van der Waals surface area (Å²) >= 11 is 0. The normalized spacial score (nSPS) is 19.2. The Morgan fingerprint density at radius 2 is 2.04 bits per heavy atom. The maximum absolute atomic E-state index is 13.9. The third-order valence-electron chi connectivity index (χ3n) is 4.60. The second-order valence-corrected chi connectivity index (χ2v) is 7.26. The van der Waals surface area contributed by atoms with Crippen LogP contribution >= 0.6 is 0 Å². The Morgan fingerprint density at radius 1 is 1.29 bits per heavy atom. The molecule has 9 heteroatoms. The van der Waals surface area contributed by atoms with E-state index in [4.69, 9.17) is 0 Å². The van der Waals surface area contributed by atoms with Crippen molar-refractivity contribution in [3.8, 4) is 0 Å². The molecule has 0 bridgehead atoms. The highest BCUT2D eigenvalue weighted by molar-refractivity contribution is 5.91. The fourth-order valence-corrected chi connectivity index (χ4v) is 3.28. The summed E-state index contributed by atoms with van der Waals surface area (Å²) in [4.78, 5) is 27.9. The highest BCUT2D eigenvalue weighted by Crippen LogP contribution is 2.22. The molecule has 2 atom stereocenters. The van der Waals surface area contributed by atoms with Crippen LogP contribution in [0.25, 0.3) is 0 Å². The van der Waals surface area contributed by atoms with Crippen molar-refractivity contribution in [2.45, 2.75) is 31.7 Å². The van der Waals surface area contributed by atoms with E-state index < -0.39 is 6.17 Å². The number of benzene rings is 1. The first-order valence-corrected chi connectivity index (χ1v) is 9.23. The summed E-state index contributed by atoms with van der Waals surface area (Å²) in [6, 6.07) is 9.26. The highest BCUT2D eigenvalue weighted by Gasteiger charge is 2.35. The molecule has 1 N–H and O–H groups in total. The minimum atomic E-state index is -1.05. The van der Waals surface area contributed by atoms with E-state index >= 15 is 0 Å². The molecule has 0 aliphatic carbocycles. The lowest BCUT2D eigenvalue weighted by atomic mass is 10.2. The summed E-state index contributed by atoms with van der Waals surface area (Å²) < 4.78 is 15.4. The van der Waals surface area contributed by atoms with Crippen LogP contribution in [0.4, 0.5) is 4.39 Å². The molecule has 0 saturated carbocycles. The van der Waals surface area contributed by atoms with Crippen molar-refractivity contribution in [3.05, 3.63) is 47.8 Å². The molecule has 2 aromatic rings. The molecule has 1 aliphatic rings. The second-order valence-electron chi connectivity index (χ2n) is 7.26. The van der Waals surface area contributed by atoms with Gasteiger partial charge in [-0.3, -0.25) is 9.59 Å². The number of carbonyl (C=O) groups is 2. The fourth-order valence-electron chi connectivity index (χ4n) is 3.28. The fraction of sp³-hybridized carbons (Fsp3) is 0.474. The van der Waals surface area contributed by atoms with Gasteiger partial charge in [0.2, 0.25) is 5.91 Å². The van der Waals surface area contributed by atoms with Gasteiger partial charge in [-0.1, -0.05) is 35.5 Å². The van der Waals surface area contributed by atoms with Gasteiger partial charge in [0.25, 0.3) is 5.91 Å². The average molecular weight is 388 g/mol. The number of hydrogen-bond acceptors (Lipinski definition) is 5. The SMILES string of the molecule is CN(C)CC(=O)N1C[C@@H](F)C[C@H]1Cn1cc(C(=O)NCc2ccccc2)nn1. The minimum absolute atomic E-state index is 0.0937. The van der Waals surface area contributed by atoms with E-state index in [1.54, 1.807) is 23.9 Å². The van der Waals surface area contributed by atoms with Crippen LogP contribution in [0.3, 0.4) is 0 Å². The second kappa shape index (κ2) is 8.92. The molecule has 0 spiro atoms. The van der Waals surface area contributed by atoms with Crippen LogP contribution in [0.1, 0.15) is 22.5 Å². The van der Waals surface area contributed by atoms with Gasteiger partial charge in [-0.05, 0) is 19.7 Å². The summed E-state index contributed by atoms with van der Waals surface area (Å²) in [7, 11) is 3.60. The zero-order valence-corrected chi connectivity index (χ0v) is 16.1. The smallest absolute Gasteiger partial charge is 0.273 e. The Bertz CT molecular complexity index is 810. The first-order chi connectivity index (χ1) is 13.4. The third-order valence-corrected chi connectivity index (χ3v) is 4.60. The van der Waals surface area contributed by atoms with Crippen LogP contribution < -0.4 is 5.32 Å². The van der Waals surface area contributed by atoms with Crippen LogP contribution in [-0.2, 0) is 17.9 Å². The zero-order chi connectivity index (χ0) is 20.1. The molecule has 1 aromatic carbocycles. The summed E-state index contributed by atoms with van der Waals surface area (Å²) in [5, 5.41) is 10.7. The quantitative estimate of drug-likeness (QED) is 0.755. The largest absolute Gasteiger partial charge is 0.347 e. The molecule has 1 saturated heterocycles. The highest BCUT2D eigenvalue weighted by atomic mass is 19.1. The molecule has 8 nitrogen and oxygen atoms in total. The number of nitrogens with zero attached hydrogens (tertiary/aromatic N) is 5. The third kappa shape index (κ3) is 5.13. The Balaban J connectivity index is 1.58. The number of carbonyl (C=O) groups excluding carboxylic acids is 2. The van der Waals surface area contributed by atoms with Crippen LogP contribution in [0, 0.1) is 0 Å². The number of amides is 2. The molecule has 2 heterocycles. The van der Waals surface area contributed by atoms with Crippen molar-refractivity contribution in [2.75, 3.05) is 27.2 Å². The lowest BCUT2D eigenvalue weighted by Gasteiger charge is -2.25. The van der Waals surface area contributed by atoms with Gasteiger partial charge in [0.05, 0.1) is 31.9 Å². The number of hydrogen-bond donors (Lipinski definition) is 1. The van der Waals surface area contributed by atoms with Gasteiger partial charge in [0, 0.05) is 13.0 Å². The molecular weight excluding hydrogens is 363 g/mol. The van der Waals surface area contributed by atoms with Crippen molar-refractivity contribution in [2.24, 2.45) is 0 Å². The van der Waals surface area contributed by atoms with Crippen molar-refractivity contribution >= 4 is 11.8 Å². The Morgan fingerprint density at radius 3 is 2.75 bits per heavy atom. The van der Waals surface area contributed by atoms with E-state index in [-0.39, 0.29) is 43.1 Å². The predicted octanol–water partition coefficient (Wildman–Crippen LogP) is 0.709. The van der Waals surface area contributed by atoms with Gasteiger partial charge in [-0.25, -0.2) is 9.07 Å². The van der Waals surface area contributed by atoms with E-state index in [1.807, 2.05) is 30.3 Å². The van der Waals surface area contributed by atoms with Crippen molar-refractivity contribution in [1.82, 2.24) is 30.1 Å². The summed E-state index contributed by atoms with van der Waals surface area (Å²) in [6.07, 6.45) is 0.739. The number of likely N-dealkylation sites (N-methyl/N-ethyl adjacent to an activating group) is 1. The standard InChI is InChI=1S/C19H25FN6O2/c1-24(2)13-18(27)26-10-15(20)8-16(26)11-25-12-17(22-23-25)19(28)21-9-14-6-4-3-5-7-14/h3-7,12,15-16H,8-11,13H2,1-2H3,(H,21,28)/t15-,16-/m0/s1. The minimum Gasteiger partial charge on any atom is -0.347 e. The average Bonchev–Trinajstić information content (AvgIpc) is 3.27. The number of likely N-dealkylation sites (tertiary alicyclic amines) is 1. The maximum atomic E-state index is 13.9. The van der Waals surface area contributed by atoms with Gasteiger partial charge in [-0.15, -0.1) is 5.10 Å². The van der Waals surface area contributed by atoms with E-state index in [9.17, 15) is 14.0 Å². The van der Waals surface area contributed by atoms with Gasteiger partial charge < -0.3 is 15.1 Å². The molecule has 0 unspecified atom stereocenters.